The Labute approximate surface area is 119 Å². The number of phenols is 1. The molecule has 0 bridgehead atoms. The van der Waals surface area contributed by atoms with Gasteiger partial charge < -0.3 is 20.3 Å². The van der Waals surface area contributed by atoms with Crippen molar-refractivity contribution in [2.24, 2.45) is 5.92 Å². The molecule has 1 aliphatic carbocycles. The zero-order valence-corrected chi connectivity index (χ0v) is 12.0. The van der Waals surface area contributed by atoms with Crippen LogP contribution in [0.2, 0.25) is 0 Å². The Morgan fingerprint density at radius 1 is 1.30 bits per heavy atom. The van der Waals surface area contributed by atoms with E-state index in [1.54, 1.807) is 13.2 Å². The zero-order chi connectivity index (χ0) is 14.2. The van der Waals surface area contributed by atoms with Crippen LogP contribution in [0.1, 0.15) is 43.7 Å². The molecule has 1 aromatic rings. The molecule has 0 radical (unpaired) electrons. The molecule has 4 nitrogen and oxygen atoms in total. The highest BCUT2D eigenvalue weighted by Crippen LogP contribution is 2.44. The quantitative estimate of drug-likeness (QED) is 0.764. The molecule has 1 saturated carbocycles. The summed E-state index contributed by atoms with van der Waals surface area (Å²) in [7, 11) is 1.57. The molecular weight excluding hydrogens is 254 g/mol. The van der Waals surface area contributed by atoms with Crippen LogP contribution >= 0.6 is 0 Å². The molecular formula is C16H24NO3+. The fourth-order valence-electron chi connectivity index (χ4n) is 4.02. The van der Waals surface area contributed by atoms with Crippen molar-refractivity contribution < 1.29 is 20.3 Å². The summed E-state index contributed by atoms with van der Waals surface area (Å²) in [5.74, 6) is 0.992. The molecule has 1 aromatic carbocycles. The number of ether oxygens (including phenoxy) is 1. The van der Waals surface area contributed by atoms with Crippen LogP contribution in [-0.4, -0.2) is 29.5 Å². The van der Waals surface area contributed by atoms with Gasteiger partial charge in [0.1, 0.15) is 6.04 Å². The monoisotopic (exact) mass is 278 g/mol. The number of rotatable bonds is 2. The summed E-state index contributed by atoms with van der Waals surface area (Å²) in [5.41, 5.74) is 0.646. The van der Waals surface area contributed by atoms with Crippen molar-refractivity contribution in [1.29, 1.82) is 0 Å². The summed E-state index contributed by atoms with van der Waals surface area (Å²) < 4.78 is 5.21. The summed E-state index contributed by atoms with van der Waals surface area (Å²) in [6.45, 7) is 0.959. The Morgan fingerprint density at radius 2 is 2.15 bits per heavy atom. The molecule has 1 saturated heterocycles. The predicted octanol–water partition coefficient (Wildman–Crippen LogP) is 1.33. The van der Waals surface area contributed by atoms with E-state index in [0.29, 0.717) is 11.7 Å². The van der Waals surface area contributed by atoms with E-state index in [4.69, 9.17) is 4.74 Å². The molecule has 0 spiro atoms. The van der Waals surface area contributed by atoms with Gasteiger partial charge in [0.25, 0.3) is 0 Å². The third-order valence-corrected chi connectivity index (χ3v) is 5.09. The third kappa shape index (κ3) is 2.27. The van der Waals surface area contributed by atoms with E-state index in [1.165, 1.54) is 6.42 Å². The number of piperidine rings is 1. The van der Waals surface area contributed by atoms with Gasteiger partial charge in [-0.15, -0.1) is 0 Å². The first-order chi connectivity index (χ1) is 9.64. The summed E-state index contributed by atoms with van der Waals surface area (Å²) in [6.07, 6.45) is 5.24. The highest BCUT2D eigenvalue weighted by atomic mass is 16.5. The average Bonchev–Trinajstić information content (AvgIpc) is 2.46. The molecule has 2 fully saturated rings. The third-order valence-electron chi connectivity index (χ3n) is 5.09. The lowest BCUT2D eigenvalue weighted by Crippen LogP contribution is -2.91. The van der Waals surface area contributed by atoms with Crippen molar-refractivity contribution >= 4 is 0 Å². The van der Waals surface area contributed by atoms with Crippen molar-refractivity contribution in [1.82, 2.24) is 0 Å². The number of quaternary nitrogens is 1. The topological polar surface area (TPSA) is 66.3 Å². The van der Waals surface area contributed by atoms with Gasteiger partial charge in [0.05, 0.1) is 19.3 Å². The number of fused-ring (bicyclic) bond motifs is 1. The van der Waals surface area contributed by atoms with Crippen LogP contribution in [0, 0.1) is 5.92 Å². The van der Waals surface area contributed by atoms with Crippen LogP contribution in [-0.2, 0) is 0 Å². The smallest absolute Gasteiger partial charge is 0.160 e. The number of hydrogen-bond donors (Lipinski definition) is 3. The van der Waals surface area contributed by atoms with Crippen LogP contribution in [0.3, 0.4) is 0 Å². The summed E-state index contributed by atoms with van der Waals surface area (Å²) in [6, 6.07) is 5.83. The van der Waals surface area contributed by atoms with E-state index in [-0.39, 0.29) is 11.8 Å². The largest absolute Gasteiger partial charge is 0.504 e. The fraction of sp³-hybridized carbons (Fsp3) is 0.625. The standard InChI is InChI=1S/C16H23NO3/c1-20-14-10-11(5-6-13(14)18)15-12-4-2-3-7-16(12,19)8-9-17-15/h5-6,10,12,15,17-19H,2-4,7-9H2,1H3/p+1/t12-,15-,16-/m0/s1. The number of phenolic OH excluding ortho intramolecular Hbond substituents is 1. The number of aromatic hydroxyl groups is 1. The summed E-state index contributed by atoms with van der Waals surface area (Å²) in [5, 5.41) is 23.0. The van der Waals surface area contributed by atoms with E-state index in [0.717, 1.165) is 37.8 Å². The van der Waals surface area contributed by atoms with Crippen LogP contribution < -0.4 is 10.1 Å². The van der Waals surface area contributed by atoms with E-state index < -0.39 is 5.60 Å². The van der Waals surface area contributed by atoms with Gasteiger partial charge in [-0.25, -0.2) is 0 Å². The second kappa shape index (κ2) is 5.26. The molecule has 0 unspecified atom stereocenters. The lowest BCUT2D eigenvalue weighted by Gasteiger charge is -2.46. The lowest BCUT2D eigenvalue weighted by atomic mass is 9.67. The Balaban J connectivity index is 1.92. The van der Waals surface area contributed by atoms with Crippen molar-refractivity contribution in [3.05, 3.63) is 23.8 Å². The molecule has 0 aromatic heterocycles. The number of methoxy groups -OCH3 is 1. The van der Waals surface area contributed by atoms with Crippen LogP contribution in [0.25, 0.3) is 0 Å². The fourth-order valence-corrected chi connectivity index (χ4v) is 4.02. The maximum Gasteiger partial charge on any atom is 0.160 e. The number of benzene rings is 1. The average molecular weight is 278 g/mol. The minimum absolute atomic E-state index is 0.172. The molecule has 110 valence electrons. The maximum absolute atomic E-state index is 10.9. The SMILES string of the molecule is COc1cc([C@@H]2[NH2+]CC[C@@]3(O)CCCC[C@@H]23)ccc1O. The van der Waals surface area contributed by atoms with Crippen molar-refractivity contribution in [2.45, 2.75) is 43.7 Å². The number of aliphatic hydroxyl groups is 1. The van der Waals surface area contributed by atoms with E-state index in [1.807, 2.05) is 12.1 Å². The van der Waals surface area contributed by atoms with Crippen molar-refractivity contribution in [2.75, 3.05) is 13.7 Å². The van der Waals surface area contributed by atoms with E-state index in [9.17, 15) is 10.2 Å². The zero-order valence-electron chi connectivity index (χ0n) is 12.0. The van der Waals surface area contributed by atoms with Gasteiger partial charge in [-0.2, -0.15) is 0 Å². The van der Waals surface area contributed by atoms with E-state index in [2.05, 4.69) is 5.32 Å². The second-order valence-corrected chi connectivity index (χ2v) is 6.19. The van der Waals surface area contributed by atoms with Gasteiger partial charge in [0, 0.05) is 17.9 Å². The predicted molar refractivity (Wildman–Crippen MR) is 75.7 cm³/mol. The highest BCUT2D eigenvalue weighted by molar-refractivity contribution is 5.42. The Kier molecular flexibility index (Phi) is 3.61. The summed E-state index contributed by atoms with van der Waals surface area (Å²) >= 11 is 0. The molecule has 4 N–H and O–H groups in total. The number of nitrogens with two attached hydrogens (primary N) is 1. The minimum atomic E-state index is -0.497. The van der Waals surface area contributed by atoms with E-state index >= 15 is 0 Å². The minimum Gasteiger partial charge on any atom is -0.504 e. The normalized spacial score (nSPS) is 33.5. The summed E-state index contributed by atoms with van der Waals surface area (Å²) in [4.78, 5) is 0. The highest BCUT2D eigenvalue weighted by Gasteiger charge is 2.48. The molecule has 0 amide bonds. The molecule has 1 heterocycles. The van der Waals surface area contributed by atoms with Crippen molar-refractivity contribution in [3.8, 4) is 11.5 Å². The van der Waals surface area contributed by atoms with Gasteiger partial charge >= 0.3 is 0 Å². The van der Waals surface area contributed by atoms with Gasteiger partial charge in [-0.05, 0) is 31.0 Å². The Bertz CT molecular complexity index is 487. The van der Waals surface area contributed by atoms with Crippen LogP contribution in [0.5, 0.6) is 11.5 Å². The second-order valence-electron chi connectivity index (χ2n) is 6.19. The lowest BCUT2D eigenvalue weighted by molar-refractivity contribution is -0.719. The first-order valence-electron chi connectivity index (χ1n) is 7.57. The number of hydrogen-bond acceptors (Lipinski definition) is 3. The molecule has 20 heavy (non-hydrogen) atoms. The van der Waals surface area contributed by atoms with Gasteiger partial charge in [-0.1, -0.05) is 12.8 Å². The van der Waals surface area contributed by atoms with Gasteiger partial charge in [0.15, 0.2) is 11.5 Å². The molecule has 1 aliphatic heterocycles. The molecule has 3 rings (SSSR count). The van der Waals surface area contributed by atoms with Crippen molar-refractivity contribution in [3.63, 3.8) is 0 Å². The molecule has 4 heteroatoms. The first-order valence-corrected chi connectivity index (χ1v) is 7.57. The molecule has 2 aliphatic rings. The Morgan fingerprint density at radius 3 is 2.95 bits per heavy atom. The van der Waals surface area contributed by atoms with Crippen LogP contribution in [0.15, 0.2) is 18.2 Å². The first kappa shape index (κ1) is 13.7. The Hall–Kier alpha value is -1.26. The molecule has 3 atom stereocenters. The van der Waals surface area contributed by atoms with Crippen LogP contribution in [0.4, 0.5) is 0 Å². The van der Waals surface area contributed by atoms with Gasteiger partial charge in [0.2, 0.25) is 0 Å². The van der Waals surface area contributed by atoms with Gasteiger partial charge in [-0.3, -0.25) is 0 Å². The maximum atomic E-state index is 10.9.